The molecule has 2 aromatic rings. The average molecular weight is 327 g/mol. The van der Waals surface area contributed by atoms with E-state index >= 15 is 0 Å². The molecule has 0 spiro atoms. The second-order valence-corrected chi connectivity index (χ2v) is 6.66. The maximum Gasteiger partial charge on any atom is 0.330 e. The van der Waals surface area contributed by atoms with Crippen LogP contribution in [0.4, 0.5) is 0 Å². The van der Waals surface area contributed by atoms with Crippen molar-refractivity contribution in [2.24, 2.45) is 0 Å². The molecule has 1 unspecified atom stereocenters. The number of aromatic amines is 1. The van der Waals surface area contributed by atoms with Crippen LogP contribution in [-0.4, -0.2) is 9.55 Å². The van der Waals surface area contributed by atoms with Gasteiger partial charge in [0.25, 0.3) is 5.56 Å². The fourth-order valence-corrected chi connectivity index (χ4v) is 3.71. The molecule has 4 nitrogen and oxygen atoms in total. The average Bonchev–Trinajstić information content (AvgIpc) is 2.90. The lowest BCUT2D eigenvalue weighted by molar-refractivity contribution is 0.496. The lowest BCUT2D eigenvalue weighted by Crippen LogP contribution is -2.40. The quantitative estimate of drug-likeness (QED) is 0.850. The molecule has 21 heavy (non-hydrogen) atoms. The highest BCUT2D eigenvalue weighted by atomic mass is 35.5. The summed E-state index contributed by atoms with van der Waals surface area (Å²) in [5.74, 6) is -0.0429. The topological polar surface area (TPSA) is 54.9 Å². The van der Waals surface area contributed by atoms with E-state index in [1.165, 1.54) is 4.57 Å². The maximum atomic E-state index is 12.7. The van der Waals surface area contributed by atoms with Gasteiger partial charge in [-0.15, -0.1) is 11.3 Å². The second kappa shape index (κ2) is 6.62. The van der Waals surface area contributed by atoms with Crippen molar-refractivity contribution in [2.45, 2.75) is 45.6 Å². The van der Waals surface area contributed by atoms with E-state index in [-0.39, 0.29) is 22.7 Å². The molecule has 0 saturated heterocycles. The smallest absolute Gasteiger partial charge is 0.297 e. The minimum Gasteiger partial charge on any atom is -0.297 e. The summed E-state index contributed by atoms with van der Waals surface area (Å²) >= 11 is 7.60. The Morgan fingerprint density at radius 1 is 1.38 bits per heavy atom. The van der Waals surface area contributed by atoms with Crippen LogP contribution in [0.5, 0.6) is 0 Å². The molecule has 0 aliphatic heterocycles. The van der Waals surface area contributed by atoms with Gasteiger partial charge in [0.15, 0.2) is 0 Å². The zero-order valence-electron chi connectivity index (χ0n) is 12.4. The van der Waals surface area contributed by atoms with Crippen LogP contribution in [0.1, 0.15) is 56.0 Å². The number of H-pyrrole nitrogens is 1. The zero-order chi connectivity index (χ0) is 15.6. The van der Waals surface area contributed by atoms with Gasteiger partial charge in [0.2, 0.25) is 0 Å². The molecule has 1 N–H and O–H groups in total. The lowest BCUT2D eigenvalue weighted by atomic mass is 10.1. The first-order chi connectivity index (χ1) is 9.97. The van der Waals surface area contributed by atoms with E-state index in [1.807, 2.05) is 38.3 Å². The highest BCUT2D eigenvalue weighted by Gasteiger charge is 2.22. The van der Waals surface area contributed by atoms with Crippen LogP contribution in [0.25, 0.3) is 0 Å². The fourth-order valence-electron chi connectivity index (χ4n) is 2.47. The predicted molar refractivity (Wildman–Crippen MR) is 87.8 cm³/mol. The molecule has 0 aliphatic rings. The lowest BCUT2D eigenvalue weighted by Gasteiger charge is -2.19. The Morgan fingerprint density at radius 3 is 2.62 bits per heavy atom. The van der Waals surface area contributed by atoms with Gasteiger partial charge in [-0.1, -0.05) is 44.9 Å². The van der Waals surface area contributed by atoms with Gasteiger partial charge in [-0.3, -0.25) is 14.3 Å². The van der Waals surface area contributed by atoms with Crippen LogP contribution in [0, 0.1) is 0 Å². The van der Waals surface area contributed by atoms with Crippen molar-refractivity contribution in [3.63, 3.8) is 0 Å². The number of nitrogens with zero attached hydrogens (tertiary/aromatic N) is 1. The van der Waals surface area contributed by atoms with Gasteiger partial charge < -0.3 is 0 Å². The first-order valence-electron chi connectivity index (χ1n) is 7.05. The number of hydrogen-bond acceptors (Lipinski definition) is 3. The number of hydrogen-bond donors (Lipinski definition) is 1. The van der Waals surface area contributed by atoms with E-state index in [0.29, 0.717) is 5.56 Å². The Hall–Kier alpha value is -1.33. The summed E-state index contributed by atoms with van der Waals surface area (Å²) in [7, 11) is 0. The van der Waals surface area contributed by atoms with Crippen LogP contribution in [0.3, 0.4) is 0 Å². The van der Waals surface area contributed by atoms with Crippen molar-refractivity contribution in [2.75, 3.05) is 0 Å². The molecule has 6 heteroatoms. The number of halogens is 1. The Kier molecular flexibility index (Phi) is 5.06. The molecule has 0 saturated carbocycles. The second-order valence-electron chi connectivity index (χ2n) is 5.31. The van der Waals surface area contributed by atoms with Gasteiger partial charge in [-0.2, -0.15) is 0 Å². The van der Waals surface area contributed by atoms with E-state index in [4.69, 9.17) is 11.6 Å². The normalized spacial score (nSPS) is 12.8. The molecule has 0 amide bonds. The summed E-state index contributed by atoms with van der Waals surface area (Å²) in [5, 5.41) is 2.11. The van der Waals surface area contributed by atoms with Crippen molar-refractivity contribution < 1.29 is 0 Å². The van der Waals surface area contributed by atoms with Gasteiger partial charge in [-0.05, 0) is 23.8 Å². The third-order valence-corrected chi connectivity index (χ3v) is 4.72. The molecule has 114 valence electrons. The minimum absolute atomic E-state index is 0.0429. The molecule has 0 radical (unpaired) electrons. The molecule has 0 fully saturated rings. The number of thiophene rings is 1. The Bertz CT molecular complexity index is 716. The van der Waals surface area contributed by atoms with Gasteiger partial charge in [0.05, 0.1) is 11.6 Å². The molecule has 2 heterocycles. The van der Waals surface area contributed by atoms with Crippen molar-refractivity contribution >= 4 is 22.9 Å². The van der Waals surface area contributed by atoms with Gasteiger partial charge >= 0.3 is 5.69 Å². The van der Waals surface area contributed by atoms with Crippen LogP contribution >= 0.6 is 22.9 Å². The molecule has 0 aliphatic carbocycles. The summed E-state index contributed by atoms with van der Waals surface area (Å²) in [5.41, 5.74) is -0.263. The van der Waals surface area contributed by atoms with Crippen molar-refractivity contribution in [3.8, 4) is 0 Å². The van der Waals surface area contributed by atoms with Crippen LogP contribution in [0.2, 0.25) is 5.15 Å². The van der Waals surface area contributed by atoms with E-state index in [0.717, 1.165) is 17.7 Å². The molecular formula is C15H19ClN2O2S. The molecule has 2 aromatic heterocycles. The van der Waals surface area contributed by atoms with E-state index < -0.39 is 5.69 Å². The van der Waals surface area contributed by atoms with Crippen LogP contribution < -0.4 is 11.2 Å². The molecular weight excluding hydrogens is 308 g/mol. The zero-order valence-corrected chi connectivity index (χ0v) is 13.9. The van der Waals surface area contributed by atoms with Gasteiger partial charge in [0, 0.05) is 4.88 Å². The summed E-state index contributed by atoms with van der Waals surface area (Å²) in [4.78, 5) is 28.6. The van der Waals surface area contributed by atoms with Crippen molar-refractivity contribution in [3.05, 3.63) is 53.9 Å². The molecule has 2 rings (SSSR count). The van der Waals surface area contributed by atoms with E-state index in [1.54, 1.807) is 11.3 Å². The Labute approximate surface area is 132 Å². The highest BCUT2D eigenvalue weighted by molar-refractivity contribution is 7.10. The van der Waals surface area contributed by atoms with E-state index in [2.05, 4.69) is 4.98 Å². The molecule has 1 atom stereocenters. The maximum absolute atomic E-state index is 12.7. The summed E-state index contributed by atoms with van der Waals surface area (Å²) in [6.45, 7) is 5.83. The van der Waals surface area contributed by atoms with Gasteiger partial charge in [0.1, 0.15) is 5.15 Å². The molecule has 0 bridgehead atoms. The van der Waals surface area contributed by atoms with E-state index in [9.17, 15) is 9.59 Å². The summed E-state index contributed by atoms with van der Waals surface area (Å²) in [6, 6.07) is 3.66. The summed E-state index contributed by atoms with van der Waals surface area (Å²) < 4.78 is 1.32. The standard InChI is InChI=1S/C15H19ClN2O2S/c1-4-6-10(11-7-5-8-21-11)18-14(19)12(9(2)3)13(16)17-15(18)20/h5,7-10H,4,6H2,1-3H3,(H,17,20). The summed E-state index contributed by atoms with van der Waals surface area (Å²) in [6.07, 6.45) is 1.62. The number of nitrogens with one attached hydrogen (secondary N) is 1. The van der Waals surface area contributed by atoms with Crippen molar-refractivity contribution in [1.29, 1.82) is 0 Å². The Balaban J connectivity index is 2.69. The third-order valence-electron chi connectivity index (χ3n) is 3.44. The van der Waals surface area contributed by atoms with Gasteiger partial charge in [-0.25, -0.2) is 4.79 Å². The molecule has 0 aromatic carbocycles. The third kappa shape index (κ3) is 3.14. The minimum atomic E-state index is -0.443. The van der Waals surface area contributed by atoms with Crippen molar-refractivity contribution in [1.82, 2.24) is 9.55 Å². The highest BCUT2D eigenvalue weighted by Crippen LogP contribution is 2.26. The van der Waals surface area contributed by atoms with Crippen LogP contribution in [-0.2, 0) is 0 Å². The fraction of sp³-hybridized carbons (Fsp3) is 0.467. The largest absolute Gasteiger partial charge is 0.330 e. The first-order valence-corrected chi connectivity index (χ1v) is 8.30. The SMILES string of the molecule is CCCC(c1cccs1)n1c(=O)[nH]c(Cl)c(C(C)C)c1=O. The Morgan fingerprint density at radius 2 is 2.10 bits per heavy atom. The number of rotatable bonds is 5. The monoisotopic (exact) mass is 326 g/mol. The van der Waals surface area contributed by atoms with Crippen LogP contribution in [0.15, 0.2) is 27.1 Å². The number of aromatic nitrogens is 2. The first kappa shape index (κ1) is 16.0. The predicted octanol–water partition coefficient (Wildman–Crippen LogP) is 3.76.